The van der Waals surface area contributed by atoms with Gasteiger partial charge in [-0.15, -0.1) is 0 Å². The molecule has 0 bridgehead atoms. The first-order valence-corrected chi connectivity index (χ1v) is 7.79. The van der Waals surface area contributed by atoms with Gasteiger partial charge in [-0.05, 0) is 29.1 Å². The largest absolute Gasteiger partial charge is 0.455 e. The van der Waals surface area contributed by atoms with E-state index >= 15 is 0 Å². The van der Waals surface area contributed by atoms with Gasteiger partial charge in [0.05, 0.1) is 6.42 Å². The van der Waals surface area contributed by atoms with Crippen molar-refractivity contribution in [1.82, 2.24) is 0 Å². The van der Waals surface area contributed by atoms with Crippen LogP contribution in [-0.4, -0.2) is 18.5 Å². The number of benzene rings is 3. The highest BCUT2D eigenvalue weighted by Gasteiger charge is 2.10. The highest BCUT2D eigenvalue weighted by atomic mass is 19.1. The molecular formula is C20H16FNO3. The number of ether oxygens (including phenoxy) is 1. The first-order valence-electron chi connectivity index (χ1n) is 7.79. The van der Waals surface area contributed by atoms with Crippen LogP contribution in [0.3, 0.4) is 0 Å². The van der Waals surface area contributed by atoms with Crippen molar-refractivity contribution in [2.75, 3.05) is 11.9 Å². The molecule has 3 aromatic carbocycles. The summed E-state index contributed by atoms with van der Waals surface area (Å²) in [6.45, 7) is -0.372. The molecule has 0 atom stereocenters. The van der Waals surface area contributed by atoms with Gasteiger partial charge in [0, 0.05) is 11.1 Å². The highest BCUT2D eigenvalue weighted by molar-refractivity contribution is 6.02. The Labute approximate surface area is 144 Å². The number of hydrogen-bond acceptors (Lipinski definition) is 3. The highest BCUT2D eigenvalue weighted by Crippen LogP contribution is 2.22. The zero-order valence-corrected chi connectivity index (χ0v) is 13.4. The molecule has 0 aliphatic rings. The first kappa shape index (κ1) is 16.6. The normalized spacial score (nSPS) is 10.4. The third-order valence-electron chi connectivity index (χ3n) is 3.69. The molecule has 25 heavy (non-hydrogen) atoms. The van der Waals surface area contributed by atoms with E-state index in [1.165, 1.54) is 24.3 Å². The summed E-state index contributed by atoms with van der Waals surface area (Å²) in [5.41, 5.74) is 1.29. The molecule has 0 unspecified atom stereocenters. The van der Waals surface area contributed by atoms with Crippen molar-refractivity contribution < 1.29 is 18.7 Å². The molecule has 0 aliphatic carbocycles. The number of rotatable bonds is 5. The Morgan fingerprint density at radius 1 is 0.920 bits per heavy atom. The Morgan fingerprint density at radius 2 is 1.64 bits per heavy atom. The summed E-state index contributed by atoms with van der Waals surface area (Å²) in [7, 11) is 0. The number of esters is 1. The van der Waals surface area contributed by atoms with Crippen LogP contribution in [0.1, 0.15) is 5.56 Å². The molecule has 3 rings (SSSR count). The van der Waals surface area contributed by atoms with Gasteiger partial charge in [-0.2, -0.15) is 0 Å². The topological polar surface area (TPSA) is 55.4 Å². The van der Waals surface area contributed by atoms with Gasteiger partial charge in [-0.25, -0.2) is 4.39 Å². The van der Waals surface area contributed by atoms with Crippen molar-refractivity contribution in [3.63, 3.8) is 0 Å². The predicted octanol–water partition coefficient (Wildman–Crippen LogP) is 3.70. The van der Waals surface area contributed by atoms with E-state index in [1.807, 2.05) is 36.4 Å². The Balaban J connectivity index is 1.55. The lowest BCUT2D eigenvalue weighted by Crippen LogP contribution is -2.21. The average Bonchev–Trinajstić information content (AvgIpc) is 2.62. The molecule has 4 nitrogen and oxygen atoms in total. The molecule has 0 aliphatic heterocycles. The monoisotopic (exact) mass is 337 g/mol. The van der Waals surface area contributed by atoms with Crippen molar-refractivity contribution in [2.45, 2.75) is 6.42 Å². The van der Waals surface area contributed by atoms with E-state index in [1.54, 1.807) is 6.07 Å². The van der Waals surface area contributed by atoms with Gasteiger partial charge in [0.25, 0.3) is 5.91 Å². The maximum Gasteiger partial charge on any atom is 0.310 e. The summed E-state index contributed by atoms with van der Waals surface area (Å²) in [5.74, 6) is -1.32. The third kappa shape index (κ3) is 4.41. The van der Waals surface area contributed by atoms with E-state index in [4.69, 9.17) is 4.74 Å². The summed E-state index contributed by atoms with van der Waals surface area (Å²) in [6.07, 6.45) is -0.0121. The summed E-state index contributed by atoms with van der Waals surface area (Å²) in [5, 5.41) is 4.67. The number of carbonyl (C=O) groups is 2. The number of halogens is 1. The third-order valence-corrected chi connectivity index (χ3v) is 3.69. The van der Waals surface area contributed by atoms with Crippen molar-refractivity contribution >= 4 is 28.3 Å². The van der Waals surface area contributed by atoms with Crippen LogP contribution >= 0.6 is 0 Å². The van der Waals surface area contributed by atoms with Crippen molar-refractivity contribution in [2.24, 2.45) is 0 Å². The number of fused-ring (bicyclic) bond motifs is 1. The molecule has 0 aromatic heterocycles. The van der Waals surface area contributed by atoms with Crippen LogP contribution in [0.25, 0.3) is 10.8 Å². The summed E-state index contributed by atoms with van der Waals surface area (Å²) in [4.78, 5) is 23.8. The lowest BCUT2D eigenvalue weighted by atomic mass is 10.1. The predicted molar refractivity (Wildman–Crippen MR) is 93.6 cm³/mol. The molecule has 0 heterocycles. The lowest BCUT2D eigenvalue weighted by molar-refractivity contribution is -0.146. The average molecular weight is 337 g/mol. The zero-order valence-electron chi connectivity index (χ0n) is 13.4. The molecule has 1 amide bonds. The van der Waals surface area contributed by atoms with Gasteiger partial charge in [0.15, 0.2) is 6.61 Å². The van der Waals surface area contributed by atoms with Crippen LogP contribution in [-0.2, 0) is 20.7 Å². The smallest absolute Gasteiger partial charge is 0.310 e. The SMILES string of the molecule is O=C(COC(=O)Cc1ccc(F)cc1)Nc1cccc2ccccc12. The summed E-state index contributed by atoms with van der Waals surface area (Å²) < 4.78 is 17.8. The fourth-order valence-corrected chi connectivity index (χ4v) is 2.49. The molecule has 1 N–H and O–H groups in total. The van der Waals surface area contributed by atoms with Gasteiger partial charge in [-0.3, -0.25) is 9.59 Å². The van der Waals surface area contributed by atoms with Gasteiger partial charge < -0.3 is 10.1 Å². The fourth-order valence-electron chi connectivity index (χ4n) is 2.49. The lowest BCUT2D eigenvalue weighted by Gasteiger charge is -2.09. The molecule has 0 radical (unpaired) electrons. The standard InChI is InChI=1S/C20H16FNO3/c21-16-10-8-14(9-11-16)12-20(24)25-13-19(23)22-18-7-3-5-15-4-1-2-6-17(15)18/h1-11H,12-13H2,(H,22,23). The van der Waals surface area contributed by atoms with Gasteiger partial charge >= 0.3 is 5.97 Å². The van der Waals surface area contributed by atoms with Crippen LogP contribution in [0.2, 0.25) is 0 Å². The van der Waals surface area contributed by atoms with Crippen LogP contribution in [0.4, 0.5) is 10.1 Å². The molecule has 3 aromatic rings. The second kappa shape index (κ2) is 7.57. The minimum atomic E-state index is -0.542. The second-order valence-corrected chi connectivity index (χ2v) is 5.54. The molecule has 0 saturated carbocycles. The van der Waals surface area contributed by atoms with E-state index < -0.39 is 11.9 Å². The number of anilines is 1. The van der Waals surface area contributed by atoms with E-state index in [-0.39, 0.29) is 18.8 Å². The van der Waals surface area contributed by atoms with Crippen LogP contribution in [0.15, 0.2) is 66.7 Å². The first-order chi connectivity index (χ1) is 12.1. The molecule has 126 valence electrons. The maximum absolute atomic E-state index is 12.8. The zero-order chi connectivity index (χ0) is 17.6. The minimum absolute atomic E-state index is 0.0121. The van der Waals surface area contributed by atoms with E-state index in [2.05, 4.69) is 5.32 Å². The summed E-state index contributed by atoms with van der Waals surface area (Å²) in [6, 6.07) is 18.8. The Kier molecular flexibility index (Phi) is 5.04. The Bertz CT molecular complexity index is 901. The van der Waals surface area contributed by atoms with Crippen LogP contribution < -0.4 is 5.32 Å². The fraction of sp³-hybridized carbons (Fsp3) is 0.100. The van der Waals surface area contributed by atoms with Gasteiger partial charge in [0.2, 0.25) is 0 Å². The number of hydrogen-bond donors (Lipinski definition) is 1. The van der Waals surface area contributed by atoms with Gasteiger partial charge in [0.1, 0.15) is 5.82 Å². The van der Waals surface area contributed by atoms with Crippen molar-refractivity contribution in [3.8, 4) is 0 Å². The minimum Gasteiger partial charge on any atom is -0.455 e. The van der Waals surface area contributed by atoms with Crippen LogP contribution in [0.5, 0.6) is 0 Å². The van der Waals surface area contributed by atoms with Crippen molar-refractivity contribution in [3.05, 3.63) is 78.1 Å². The van der Waals surface area contributed by atoms with E-state index in [0.717, 1.165) is 10.8 Å². The van der Waals surface area contributed by atoms with E-state index in [9.17, 15) is 14.0 Å². The molecule has 0 spiro atoms. The van der Waals surface area contributed by atoms with Gasteiger partial charge in [-0.1, -0.05) is 48.5 Å². The van der Waals surface area contributed by atoms with Crippen molar-refractivity contribution in [1.29, 1.82) is 0 Å². The Morgan fingerprint density at radius 3 is 2.44 bits per heavy atom. The number of nitrogens with one attached hydrogen (secondary N) is 1. The number of carbonyl (C=O) groups excluding carboxylic acids is 2. The Hall–Kier alpha value is -3.21. The van der Waals surface area contributed by atoms with Crippen LogP contribution in [0, 0.1) is 5.82 Å². The molecular weight excluding hydrogens is 321 g/mol. The van der Waals surface area contributed by atoms with E-state index in [0.29, 0.717) is 11.3 Å². The quantitative estimate of drug-likeness (QED) is 0.722. The number of amides is 1. The molecule has 0 fully saturated rings. The second-order valence-electron chi connectivity index (χ2n) is 5.54. The molecule has 5 heteroatoms. The summed E-state index contributed by atoms with van der Waals surface area (Å²) >= 11 is 0. The molecule has 0 saturated heterocycles. The maximum atomic E-state index is 12.8.